The zero-order valence-electron chi connectivity index (χ0n) is 20.7. The van der Waals surface area contributed by atoms with Gasteiger partial charge in [-0.05, 0) is 62.8 Å². The number of piperidine rings is 1. The highest BCUT2D eigenvalue weighted by molar-refractivity contribution is 6.30. The predicted octanol–water partition coefficient (Wildman–Crippen LogP) is 5.77. The number of hydrogen-bond acceptors (Lipinski definition) is 5. The molecule has 4 fully saturated rings. The van der Waals surface area contributed by atoms with Gasteiger partial charge in [0.1, 0.15) is 0 Å². The fourth-order valence-corrected chi connectivity index (χ4v) is 6.56. The molecule has 4 heterocycles. The third-order valence-corrected chi connectivity index (χ3v) is 8.53. The molecule has 13 heteroatoms. The Morgan fingerprint density at radius 1 is 1.03 bits per heavy atom. The minimum atomic E-state index is -5.73. The van der Waals surface area contributed by atoms with E-state index >= 15 is 0 Å². The molecule has 6 nitrogen and oxygen atoms in total. The lowest BCUT2D eigenvalue weighted by molar-refractivity contribution is -0.308. The number of hydrogen-bond donors (Lipinski definition) is 0. The summed E-state index contributed by atoms with van der Waals surface area (Å²) in [4.78, 5) is 17.9. The molecule has 4 saturated heterocycles. The van der Waals surface area contributed by atoms with E-state index in [4.69, 9.17) is 16.3 Å². The topological polar surface area (TPSA) is 45.2 Å². The summed E-state index contributed by atoms with van der Waals surface area (Å²) in [6.07, 6.45) is -12.1. The van der Waals surface area contributed by atoms with E-state index in [1.807, 2.05) is 18.2 Å². The van der Waals surface area contributed by atoms with E-state index in [9.17, 15) is 31.1 Å². The number of halogens is 7. The molecule has 212 valence electrons. The second-order valence-corrected chi connectivity index (χ2v) is 11.2. The zero-order chi connectivity index (χ0) is 27.3. The maximum Gasteiger partial charge on any atom is 0.434 e. The zero-order valence-corrected chi connectivity index (χ0v) is 21.4. The predicted molar refractivity (Wildman–Crippen MR) is 127 cm³/mol. The van der Waals surface area contributed by atoms with Gasteiger partial charge in [-0.1, -0.05) is 17.7 Å². The molecule has 2 bridgehead atoms. The Kier molecular flexibility index (Phi) is 7.45. The first-order chi connectivity index (χ1) is 17.8. The molecule has 2 unspecified atom stereocenters. The van der Waals surface area contributed by atoms with Gasteiger partial charge in [0.25, 0.3) is 6.10 Å². The number of alkyl halides is 6. The van der Waals surface area contributed by atoms with Gasteiger partial charge in [-0.15, -0.1) is 0 Å². The van der Waals surface area contributed by atoms with E-state index in [1.54, 1.807) is 0 Å². The van der Waals surface area contributed by atoms with Crippen LogP contribution in [0.15, 0.2) is 18.2 Å². The van der Waals surface area contributed by atoms with Crippen molar-refractivity contribution in [1.82, 2.24) is 9.80 Å². The summed E-state index contributed by atoms with van der Waals surface area (Å²) in [6.45, 7) is 3.08. The van der Waals surface area contributed by atoms with Crippen LogP contribution in [0.5, 0.6) is 0 Å². The minimum Gasteiger partial charge on any atom is -0.426 e. The summed E-state index contributed by atoms with van der Waals surface area (Å²) in [5.74, 6) is 0. The van der Waals surface area contributed by atoms with Crippen LogP contribution in [0.4, 0.5) is 36.8 Å². The van der Waals surface area contributed by atoms with Gasteiger partial charge in [0.2, 0.25) is 0 Å². The molecule has 0 radical (unpaired) electrons. The summed E-state index contributed by atoms with van der Waals surface area (Å²) in [5, 5.41) is 0.640. The number of fused-ring (bicyclic) bond motifs is 2. The van der Waals surface area contributed by atoms with Gasteiger partial charge in [0.15, 0.2) is 0 Å². The fourth-order valence-electron chi connectivity index (χ4n) is 6.39. The van der Waals surface area contributed by atoms with Crippen molar-refractivity contribution < 1.29 is 40.6 Å². The van der Waals surface area contributed by atoms with Crippen molar-refractivity contribution in [1.29, 1.82) is 0 Å². The Hall–Kier alpha value is -1.92. The first-order valence-corrected chi connectivity index (χ1v) is 13.2. The average molecular weight is 570 g/mol. The highest BCUT2D eigenvalue weighted by atomic mass is 35.5. The molecule has 1 spiro atoms. The summed E-state index contributed by atoms with van der Waals surface area (Å²) >= 11 is 6.36. The van der Waals surface area contributed by atoms with E-state index < -0.39 is 24.5 Å². The molecular formula is C25H30ClF6N3O3. The number of carbonyl (C=O) groups excluding carboxylic acids is 1. The molecule has 1 aromatic carbocycles. The monoisotopic (exact) mass is 569 g/mol. The number of rotatable bonds is 4. The molecule has 1 amide bonds. The van der Waals surface area contributed by atoms with Gasteiger partial charge < -0.3 is 19.3 Å². The van der Waals surface area contributed by atoms with Crippen LogP contribution >= 0.6 is 11.6 Å². The minimum absolute atomic E-state index is 0.0259. The van der Waals surface area contributed by atoms with Gasteiger partial charge in [0.05, 0.1) is 12.2 Å². The third-order valence-electron chi connectivity index (χ3n) is 8.30. The second-order valence-electron chi connectivity index (χ2n) is 10.7. The molecule has 0 aliphatic carbocycles. The first-order valence-electron chi connectivity index (χ1n) is 12.9. The lowest BCUT2D eigenvalue weighted by atomic mass is 9.84. The smallest absolute Gasteiger partial charge is 0.426 e. The molecule has 0 aromatic heterocycles. The SMILES string of the molecule is O=C(OC(C(F)(F)F)C(F)(F)F)N1CCC2(CCCN2Cc2ccc(Cl)cc2N2CC3CCC(C2)O3)CC1. The van der Waals surface area contributed by atoms with Crippen LogP contribution < -0.4 is 4.90 Å². The molecule has 0 saturated carbocycles. The normalized spacial score (nSPS) is 26.0. The van der Waals surface area contributed by atoms with Crippen LogP contribution in [0.3, 0.4) is 0 Å². The molecule has 0 N–H and O–H groups in total. The standard InChI is InChI=1S/C25H30ClF6N3O3/c26-17-3-2-16(20(12-17)34-14-18-4-5-19(15-34)37-18)13-35-9-1-6-23(35)7-10-33(11-8-23)22(36)38-21(24(27,28)29)25(30,31)32/h2-3,12,18-19,21H,1,4-11,13-15H2. The van der Waals surface area contributed by atoms with E-state index in [1.165, 1.54) is 0 Å². The summed E-state index contributed by atoms with van der Waals surface area (Å²) in [7, 11) is 0. The highest BCUT2D eigenvalue weighted by Gasteiger charge is 2.60. The van der Waals surface area contributed by atoms with Crippen LogP contribution in [0.2, 0.25) is 5.02 Å². The van der Waals surface area contributed by atoms with Crippen LogP contribution in [-0.2, 0) is 16.0 Å². The summed E-state index contributed by atoms with van der Waals surface area (Å²) in [5.41, 5.74) is 1.88. The molecular weight excluding hydrogens is 540 g/mol. The third kappa shape index (κ3) is 5.67. The maximum absolute atomic E-state index is 12.8. The number of likely N-dealkylation sites (tertiary alicyclic amines) is 2. The van der Waals surface area contributed by atoms with Gasteiger partial charge in [-0.3, -0.25) is 4.90 Å². The number of morpholine rings is 1. The van der Waals surface area contributed by atoms with E-state index in [2.05, 4.69) is 14.5 Å². The summed E-state index contributed by atoms with van der Waals surface area (Å²) < 4.78 is 86.9. The van der Waals surface area contributed by atoms with Crippen molar-refractivity contribution >= 4 is 23.4 Å². The van der Waals surface area contributed by atoms with E-state index in [0.29, 0.717) is 24.4 Å². The first kappa shape index (κ1) is 27.6. The van der Waals surface area contributed by atoms with Gasteiger partial charge in [-0.25, -0.2) is 4.79 Å². The number of nitrogens with zero attached hydrogens (tertiary/aromatic N) is 3. The van der Waals surface area contributed by atoms with Crippen molar-refractivity contribution in [3.63, 3.8) is 0 Å². The largest absolute Gasteiger partial charge is 0.434 e. The fraction of sp³-hybridized carbons (Fsp3) is 0.720. The Labute approximate surface area is 221 Å². The van der Waals surface area contributed by atoms with Gasteiger partial charge >= 0.3 is 18.4 Å². The number of carbonyl (C=O) groups is 1. The van der Waals surface area contributed by atoms with Crippen molar-refractivity contribution in [3.05, 3.63) is 28.8 Å². The Bertz CT molecular complexity index is 1000. The number of amides is 1. The molecule has 4 aliphatic heterocycles. The van der Waals surface area contributed by atoms with Crippen LogP contribution in [0, 0.1) is 0 Å². The van der Waals surface area contributed by atoms with Crippen molar-refractivity contribution in [2.75, 3.05) is 37.6 Å². The van der Waals surface area contributed by atoms with Crippen LogP contribution in [0.25, 0.3) is 0 Å². The molecule has 4 aliphatic rings. The van der Waals surface area contributed by atoms with E-state index in [-0.39, 0.29) is 30.8 Å². The number of benzene rings is 1. The molecule has 1 aromatic rings. The quantitative estimate of drug-likeness (QED) is 0.431. The average Bonchev–Trinajstić information content (AvgIpc) is 3.38. The Morgan fingerprint density at radius 2 is 1.66 bits per heavy atom. The number of ether oxygens (including phenoxy) is 2. The van der Waals surface area contributed by atoms with Crippen molar-refractivity contribution in [3.8, 4) is 0 Å². The Balaban J connectivity index is 1.25. The van der Waals surface area contributed by atoms with Gasteiger partial charge in [0, 0.05) is 49.0 Å². The maximum atomic E-state index is 12.8. The second kappa shape index (κ2) is 10.2. The van der Waals surface area contributed by atoms with Gasteiger partial charge in [-0.2, -0.15) is 26.3 Å². The van der Waals surface area contributed by atoms with Crippen LogP contribution in [-0.4, -0.2) is 84.8 Å². The molecule has 38 heavy (non-hydrogen) atoms. The lowest BCUT2D eigenvalue weighted by Crippen LogP contribution is -2.54. The lowest BCUT2D eigenvalue weighted by Gasteiger charge is -2.45. The number of anilines is 1. The van der Waals surface area contributed by atoms with Crippen molar-refractivity contribution in [2.24, 2.45) is 0 Å². The van der Waals surface area contributed by atoms with Crippen molar-refractivity contribution in [2.45, 2.75) is 81.3 Å². The van der Waals surface area contributed by atoms with Crippen LogP contribution in [0.1, 0.15) is 44.1 Å². The van der Waals surface area contributed by atoms with E-state index in [0.717, 1.165) is 61.5 Å². The summed E-state index contributed by atoms with van der Waals surface area (Å²) in [6, 6.07) is 5.84. The molecule has 5 rings (SSSR count). The molecule has 2 atom stereocenters. The highest BCUT2D eigenvalue weighted by Crippen LogP contribution is 2.42. The Morgan fingerprint density at radius 3 is 2.26 bits per heavy atom.